The molecule has 3 atom stereocenters. The Morgan fingerprint density at radius 3 is 2.68 bits per heavy atom. The second-order valence-electron chi connectivity index (χ2n) is 7.91. The van der Waals surface area contributed by atoms with E-state index in [1.54, 1.807) is 6.07 Å². The number of carbonyl (C=O) groups excluding carboxylic acids is 1. The van der Waals surface area contributed by atoms with Crippen molar-refractivity contribution >= 4 is 11.9 Å². The smallest absolute Gasteiger partial charge is 0.322 e. The molecule has 3 rings (SSSR count). The van der Waals surface area contributed by atoms with Crippen LogP contribution in [0.3, 0.4) is 0 Å². The lowest BCUT2D eigenvalue weighted by Gasteiger charge is -2.39. The van der Waals surface area contributed by atoms with Crippen LogP contribution in [-0.2, 0) is 9.53 Å². The summed E-state index contributed by atoms with van der Waals surface area (Å²) in [5.41, 5.74) is 6.07. The Balaban J connectivity index is 1.84. The molecule has 4 N–H and O–H groups in total. The Kier molecular flexibility index (Phi) is 6.35. The lowest BCUT2D eigenvalue weighted by atomic mass is 9.71. The monoisotopic (exact) mass is 392 g/mol. The van der Waals surface area contributed by atoms with Gasteiger partial charge in [0.25, 0.3) is 5.91 Å². The fourth-order valence-corrected chi connectivity index (χ4v) is 4.95. The number of carbonyl (C=O) groups is 2. The molecule has 2 aliphatic rings. The third-order valence-electron chi connectivity index (χ3n) is 6.35. The zero-order valence-corrected chi connectivity index (χ0v) is 16.2. The van der Waals surface area contributed by atoms with Crippen molar-refractivity contribution in [2.24, 2.45) is 11.7 Å². The van der Waals surface area contributed by atoms with Gasteiger partial charge in [-0.2, -0.15) is 0 Å². The number of carboxylic acid groups (broad SMARTS) is 1. The fourth-order valence-electron chi connectivity index (χ4n) is 4.95. The lowest BCUT2D eigenvalue weighted by Crippen LogP contribution is -2.42. The van der Waals surface area contributed by atoms with Gasteiger partial charge >= 0.3 is 5.97 Å². The molecule has 28 heavy (non-hydrogen) atoms. The molecule has 0 radical (unpaired) electrons. The van der Waals surface area contributed by atoms with E-state index in [1.165, 1.54) is 25.0 Å². The van der Waals surface area contributed by atoms with Gasteiger partial charge in [0.15, 0.2) is 0 Å². The van der Waals surface area contributed by atoms with Crippen LogP contribution in [0.1, 0.15) is 67.3 Å². The quantitative estimate of drug-likeness (QED) is 0.662. The number of nitrogens with two attached hydrogens (primary N) is 1. The molecule has 0 aromatic heterocycles. The molecule has 1 aromatic rings. The second kappa shape index (κ2) is 8.57. The number of rotatable bonds is 7. The largest absolute Gasteiger partial charge is 0.480 e. The Labute approximate surface area is 164 Å². The molecule has 0 spiro atoms. The van der Waals surface area contributed by atoms with Gasteiger partial charge in [0.1, 0.15) is 11.9 Å². The Morgan fingerprint density at radius 2 is 2.04 bits per heavy atom. The van der Waals surface area contributed by atoms with Crippen LogP contribution in [0.15, 0.2) is 18.2 Å². The van der Waals surface area contributed by atoms with Crippen molar-refractivity contribution in [1.29, 1.82) is 0 Å². The van der Waals surface area contributed by atoms with Crippen LogP contribution in [0, 0.1) is 11.7 Å². The summed E-state index contributed by atoms with van der Waals surface area (Å²) in [6, 6.07) is 3.18. The Bertz CT molecular complexity index is 735. The maximum Gasteiger partial charge on any atom is 0.322 e. The first kappa shape index (κ1) is 20.7. The van der Waals surface area contributed by atoms with Gasteiger partial charge in [-0.25, -0.2) is 4.39 Å². The van der Waals surface area contributed by atoms with E-state index >= 15 is 0 Å². The standard InChI is InChI=1S/C21H29FN2O4/c1-2-21(15-5-3-4-6-15)17(7-8-28-21)13-9-14(11-16(22)10-13)19(25)24-12-18(23)20(26)27/h9-11,15,17-18H,2-8,12,23H2,1H3,(H,24,25)(H,26,27)/t17?,18-,21?/m1/s1. The molecule has 154 valence electrons. The first-order valence-electron chi connectivity index (χ1n) is 10.1. The highest BCUT2D eigenvalue weighted by Crippen LogP contribution is 2.51. The van der Waals surface area contributed by atoms with Gasteiger partial charge < -0.3 is 20.9 Å². The maximum atomic E-state index is 14.4. The van der Waals surface area contributed by atoms with E-state index < -0.39 is 23.7 Å². The fraction of sp³-hybridized carbons (Fsp3) is 0.619. The van der Waals surface area contributed by atoms with Gasteiger partial charge in [0.05, 0.1) is 5.60 Å². The summed E-state index contributed by atoms with van der Waals surface area (Å²) in [5.74, 6) is -1.70. The van der Waals surface area contributed by atoms with Crippen molar-refractivity contribution in [2.45, 2.75) is 63.0 Å². The van der Waals surface area contributed by atoms with Crippen molar-refractivity contribution in [3.63, 3.8) is 0 Å². The van der Waals surface area contributed by atoms with Gasteiger partial charge in [-0.3, -0.25) is 9.59 Å². The van der Waals surface area contributed by atoms with E-state index in [-0.39, 0.29) is 23.6 Å². The third kappa shape index (κ3) is 4.05. The number of carboxylic acids is 1. The first-order chi connectivity index (χ1) is 13.4. The normalized spacial score (nSPS) is 26.3. The van der Waals surface area contributed by atoms with E-state index in [0.29, 0.717) is 12.5 Å². The summed E-state index contributed by atoms with van der Waals surface area (Å²) < 4.78 is 20.6. The highest BCUT2D eigenvalue weighted by Gasteiger charge is 2.49. The van der Waals surface area contributed by atoms with Crippen molar-refractivity contribution in [3.05, 3.63) is 35.1 Å². The van der Waals surface area contributed by atoms with Gasteiger partial charge in [0.2, 0.25) is 0 Å². The molecule has 1 aromatic carbocycles. The minimum absolute atomic E-state index is 0.0455. The molecular weight excluding hydrogens is 363 g/mol. The molecular formula is C21H29FN2O4. The van der Waals surface area contributed by atoms with Crippen molar-refractivity contribution in [2.75, 3.05) is 13.2 Å². The van der Waals surface area contributed by atoms with Crippen LogP contribution < -0.4 is 11.1 Å². The molecule has 1 aliphatic heterocycles. The van der Waals surface area contributed by atoms with Crippen LogP contribution in [0.2, 0.25) is 0 Å². The molecule has 1 aliphatic carbocycles. The van der Waals surface area contributed by atoms with Gasteiger partial charge in [-0.1, -0.05) is 19.8 Å². The molecule has 0 bridgehead atoms. The summed E-state index contributed by atoms with van der Waals surface area (Å²) in [5, 5.41) is 11.3. The number of benzene rings is 1. The number of nitrogens with one attached hydrogen (secondary N) is 1. The molecule has 2 unspecified atom stereocenters. The second-order valence-corrected chi connectivity index (χ2v) is 7.91. The Morgan fingerprint density at radius 1 is 1.32 bits per heavy atom. The third-order valence-corrected chi connectivity index (χ3v) is 6.35. The molecule has 1 amide bonds. The number of hydrogen-bond acceptors (Lipinski definition) is 4. The molecule has 1 saturated carbocycles. The lowest BCUT2D eigenvalue weighted by molar-refractivity contribution is -0.138. The zero-order valence-electron chi connectivity index (χ0n) is 16.2. The van der Waals surface area contributed by atoms with Gasteiger partial charge in [0, 0.05) is 24.6 Å². The molecule has 6 nitrogen and oxygen atoms in total. The van der Waals surface area contributed by atoms with Crippen molar-refractivity contribution in [1.82, 2.24) is 5.32 Å². The summed E-state index contributed by atoms with van der Waals surface area (Å²) >= 11 is 0. The van der Waals surface area contributed by atoms with E-state index in [2.05, 4.69) is 12.2 Å². The van der Waals surface area contributed by atoms with Crippen molar-refractivity contribution in [3.8, 4) is 0 Å². The highest BCUT2D eigenvalue weighted by atomic mass is 19.1. The topological polar surface area (TPSA) is 102 Å². The number of hydrogen-bond donors (Lipinski definition) is 3. The van der Waals surface area contributed by atoms with Gasteiger partial charge in [-0.15, -0.1) is 0 Å². The van der Waals surface area contributed by atoms with Crippen LogP contribution >= 0.6 is 0 Å². The summed E-state index contributed by atoms with van der Waals surface area (Å²) in [4.78, 5) is 23.2. The van der Waals surface area contributed by atoms with Crippen LogP contribution in [-0.4, -0.2) is 41.8 Å². The van der Waals surface area contributed by atoms with Crippen LogP contribution in [0.5, 0.6) is 0 Å². The predicted octanol–water partition coefficient (Wildman–Crippen LogP) is 2.81. The van der Waals surface area contributed by atoms with Crippen LogP contribution in [0.4, 0.5) is 4.39 Å². The van der Waals surface area contributed by atoms with E-state index in [1.807, 2.05) is 0 Å². The SMILES string of the molecule is CCC1(C2CCCC2)OCCC1c1cc(F)cc(C(=O)NC[C@@H](N)C(=O)O)c1. The average Bonchev–Trinajstić information content (AvgIpc) is 3.35. The Hall–Kier alpha value is -1.99. The van der Waals surface area contributed by atoms with E-state index in [9.17, 15) is 14.0 Å². The number of halogens is 1. The minimum Gasteiger partial charge on any atom is -0.480 e. The summed E-state index contributed by atoms with van der Waals surface area (Å²) in [6.45, 7) is 2.55. The van der Waals surface area contributed by atoms with E-state index in [0.717, 1.165) is 31.2 Å². The number of ether oxygens (including phenoxy) is 1. The molecule has 1 saturated heterocycles. The molecule has 2 fully saturated rings. The first-order valence-corrected chi connectivity index (χ1v) is 10.1. The maximum absolute atomic E-state index is 14.4. The molecule has 1 heterocycles. The average molecular weight is 392 g/mol. The highest BCUT2D eigenvalue weighted by molar-refractivity contribution is 5.94. The number of aliphatic carboxylic acids is 1. The summed E-state index contributed by atoms with van der Waals surface area (Å²) in [7, 11) is 0. The summed E-state index contributed by atoms with van der Waals surface area (Å²) in [6.07, 6.45) is 6.30. The zero-order chi connectivity index (χ0) is 20.3. The van der Waals surface area contributed by atoms with Gasteiger partial charge in [-0.05, 0) is 55.4 Å². The number of amides is 1. The minimum atomic E-state index is -1.20. The van der Waals surface area contributed by atoms with Crippen LogP contribution in [0.25, 0.3) is 0 Å². The predicted molar refractivity (Wildman–Crippen MR) is 103 cm³/mol. The van der Waals surface area contributed by atoms with Crippen molar-refractivity contribution < 1.29 is 23.8 Å². The molecule has 7 heteroatoms. The van der Waals surface area contributed by atoms with E-state index in [4.69, 9.17) is 15.6 Å².